The van der Waals surface area contributed by atoms with Crippen molar-refractivity contribution in [1.29, 1.82) is 0 Å². The minimum atomic E-state index is 0.348. The van der Waals surface area contributed by atoms with E-state index in [1.165, 1.54) is 0 Å². The number of benzene rings is 1. The van der Waals surface area contributed by atoms with Gasteiger partial charge in [0.25, 0.3) is 5.89 Å². The van der Waals surface area contributed by atoms with Crippen LogP contribution in [0.2, 0.25) is 0 Å². The molecule has 23 heavy (non-hydrogen) atoms. The Hall–Kier alpha value is -3.09. The summed E-state index contributed by atoms with van der Waals surface area (Å²) >= 11 is 0. The molecule has 4 aromatic rings. The third-order valence-corrected chi connectivity index (χ3v) is 3.60. The van der Waals surface area contributed by atoms with Crippen LogP contribution in [0.4, 0.5) is 0 Å². The van der Waals surface area contributed by atoms with Crippen LogP contribution in [0.15, 0.2) is 47.6 Å². The number of imidazole rings is 1. The first-order valence-corrected chi connectivity index (χ1v) is 7.29. The molecule has 4 rings (SSSR count). The monoisotopic (exact) mass is 306 g/mol. The van der Waals surface area contributed by atoms with E-state index in [4.69, 9.17) is 4.52 Å². The Labute approximate surface area is 132 Å². The number of hydrogen-bond acceptors (Lipinski definition) is 6. The van der Waals surface area contributed by atoms with Crippen LogP contribution in [0.1, 0.15) is 19.9 Å². The maximum atomic E-state index is 5.27. The molecule has 114 valence electrons. The van der Waals surface area contributed by atoms with Crippen molar-refractivity contribution >= 4 is 11.0 Å². The van der Waals surface area contributed by atoms with Crippen LogP contribution in [0, 0.1) is 0 Å². The van der Waals surface area contributed by atoms with E-state index in [1.807, 2.05) is 24.5 Å². The molecule has 0 aliphatic carbocycles. The molecule has 3 aromatic heterocycles. The molecule has 0 N–H and O–H groups in total. The molecule has 0 aliphatic rings. The van der Waals surface area contributed by atoms with Gasteiger partial charge in [0.15, 0.2) is 0 Å². The minimum absolute atomic E-state index is 0.348. The van der Waals surface area contributed by atoms with Crippen LogP contribution in [0.25, 0.3) is 34.0 Å². The quantitative estimate of drug-likeness (QED) is 0.578. The van der Waals surface area contributed by atoms with E-state index in [2.05, 4.69) is 43.5 Å². The number of aromatic nitrogens is 6. The summed E-state index contributed by atoms with van der Waals surface area (Å²) in [5.41, 5.74) is 3.39. The Balaban J connectivity index is 1.74. The molecular weight excluding hydrogens is 292 g/mol. The van der Waals surface area contributed by atoms with E-state index in [9.17, 15) is 0 Å². The summed E-state index contributed by atoms with van der Waals surface area (Å²) in [4.78, 5) is 17.0. The molecule has 0 spiro atoms. The molecule has 1 aromatic carbocycles. The first-order chi connectivity index (χ1) is 11.2. The first-order valence-electron chi connectivity index (χ1n) is 7.29. The molecule has 0 atom stereocenters. The number of hydrogen-bond donors (Lipinski definition) is 0. The number of rotatable bonds is 3. The summed E-state index contributed by atoms with van der Waals surface area (Å²) in [5.74, 6) is 0.854. The highest BCUT2D eigenvalue weighted by molar-refractivity contribution is 5.80. The summed E-state index contributed by atoms with van der Waals surface area (Å²) in [6.45, 7) is 4.25. The van der Waals surface area contributed by atoms with Crippen LogP contribution in [-0.2, 0) is 0 Å². The van der Waals surface area contributed by atoms with Gasteiger partial charge >= 0.3 is 0 Å². The first kappa shape index (κ1) is 13.6. The SMILES string of the molecule is CC(C)n1cnc2cc(-c3noc(-c4cnccn4)n3)ccc21. The lowest BCUT2D eigenvalue weighted by molar-refractivity contribution is 0.431. The van der Waals surface area contributed by atoms with Gasteiger partial charge in [-0.3, -0.25) is 4.98 Å². The van der Waals surface area contributed by atoms with E-state index in [1.54, 1.807) is 18.6 Å². The molecule has 7 nitrogen and oxygen atoms in total. The average Bonchev–Trinajstić information content (AvgIpc) is 3.22. The summed E-state index contributed by atoms with van der Waals surface area (Å²) in [6.07, 6.45) is 6.62. The summed E-state index contributed by atoms with van der Waals surface area (Å²) in [6, 6.07) is 6.31. The van der Waals surface area contributed by atoms with Gasteiger partial charge in [-0.1, -0.05) is 5.16 Å². The van der Waals surface area contributed by atoms with E-state index in [0.717, 1.165) is 16.6 Å². The van der Waals surface area contributed by atoms with Gasteiger partial charge in [-0.15, -0.1) is 0 Å². The molecule has 7 heteroatoms. The van der Waals surface area contributed by atoms with Crippen molar-refractivity contribution in [3.63, 3.8) is 0 Å². The second-order valence-electron chi connectivity index (χ2n) is 5.46. The largest absolute Gasteiger partial charge is 0.332 e. The third-order valence-electron chi connectivity index (χ3n) is 3.60. The fraction of sp³-hybridized carbons (Fsp3) is 0.188. The van der Waals surface area contributed by atoms with Crippen LogP contribution < -0.4 is 0 Å². The van der Waals surface area contributed by atoms with Crippen LogP contribution in [0.3, 0.4) is 0 Å². The van der Waals surface area contributed by atoms with Crippen molar-refractivity contribution in [1.82, 2.24) is 29.7 Å². The summed E-state index contributed by atoms with van der Waals surface area (Å²) in [7, 11) is 0. The smallest absolute Gasteiger partial charge is 0.278 e. The van der Waals surface area contributed by atoms with E-state index in [-0.39, 0.29) is 0 Å². The topological polar surface area (TPSA) is 82.5 Å². The Morgan fingerprint density at radius 3 is 2.83 bits per heavy atom. The maximum absolute atomic E-state index is 5.27. The molecular formula is C16H14N6O. The number of fused-ring (bicyclic) bond motifs is 1. The van der Waals surface area contributed by atoms with Gasteiger partial charge in [0.1, 0.15) is 5.69 Å². The lowest BCUT2D eigenvalue weighted by Crippen LogP contribution is -1.97. The predicted molar refractivity (Wildman–Crippen MR) is 84.4 cm³/mol. The van der Waals surface area contributed by atoms with Gasteiger partial charge in [-0.25, -0.2) is 9.97 Å². The van der Waals surface area contributed by atoms with Gasteiger partial charge in [0.05, 0.1) is 23.6 Å². The van der Waals surface area contributed by atoms with E-state index < -0.39 is 0 Å². The highest BCUT2D eigenvalue weighted by Gasteiger charge is 2.13. The van der Waals surface area contributed by atoms with Crippen LogP contribution >= 0.6 is 0 Å². The van der Waals surface area contributed by atoms with E-state index >= 15 is 0 Å². The van der Waals surface area contributed by atoms with Gasteiger partial charge in [-0.2, -0.15) is 4.98 Å². The normalized spacial score (nSPS) is 11.4. The Morgan fingerprint density at radius 2 is 2.04 bits per heavy atom. The Morgan fingerprint density at radius 1 is 1.13 bits per heavy atom. The van der Waals surface area contributed by atoms with Gasteiger partial charge in [0.2, 0.25) is 5.82 Å². The van der Waals surface area contributed by atoms with Gasteiger partial charge < -0.3 is 9.09 Å². The molecule has 3 heterocycles. The number of nitrogens with zero attached hydrogens (tertiary/aromatic N) is 6. The average molecular weight is 306 g/mol. The predicted octanol–water partition coefficient (Wildman–Crippen LogP) is 3.12. The Bertz CT molecular complexity index is 957. The Kier molecular flexibility index (Phi) is 3.11. The molecule has 0 bridgehead atoms. The van der Waals surface area contributed by atoms with Gasteiger partial charge in [-0.05, 0) is 32.0 Å². The second kappa shape index (κ2) is 5.28. The molecule has 0 amide bonds. The summed E-state index contributed by atoms with van der Waals surface area (Å²) in [5, 5.41) is 4.02. The maximum Gasteiger partial charge on any atom is 0.278 e. The summed E-state index contributed by atoms with van der Waals surface area (Å²) < 4.78 is 7.40. The molecule has 0 aliphatic heterocycles. The molecule has 0 saturated heterocycles. The van der Waals surface area contributed by atoms with Gasteiger partial charge in [0, 0.05) is 24.0 Å². The van der Waals surface area contributed by atoms with Crippen molar-refractivity contribution in [2.45, 2.75) is 19.9 Å². The lowest BCUT2D eigenvalue weighted by atomic mass is 10.2. The van der Waals surface area contributed by atoms with Crippen LogP contribution in [-0.4, -0.2) is 29.7 Å². The molecule has 0 fully saturated rings. The molecule has 0 radical (unpaired) electrons. The second-order valence-corrected chi connectivity index (χ2v) is 5.46. The van der Waals surface area contributed by atoms with Crippen molar-refractivity contribution in [3.8, 4) is 23.0 Å². The van der Waals surface area contributed by atoms with Crippen molar-refractivity contribution < 1.29 is 4.52 Å². The minimum Gasteiger partial charge on any atom is -0.332 e. The fourth-order valence-electron chi connectivity index (χ4n) is 2.44. The van der Waals surface area contributed by atoms with Crippen molar-refractivity contribution in [3.05, 3.63) is 43.1 Å². The van der Waals surface area contributed by atoms with Crippen molar-refractivity contribution in [2.24, 2.45) is 0 Å². The standard InChI is InChI=1S/C16H14N6O/c1-10(2)22-9-19-12-7-11(3-4-14(12)22)15-20-16(23-21-15)13-8-17-5-6-18-13/h3-10H,1-2H3. The zero-order valence-electron chi connectivity index (χ0n) is 12.7. The van der Waals surface area contributed by atoms with Crippen molar-refractivity contribution in [2.75, 3.05) is 0 Å². The highest BCUT2D eigenvalue weighted by atomic mass is 16.5. The third kappa shape index (κ3) is 2.36. The molecule has 0 unspecified atom stereocenters. The van der Waals surface area contributed by atoms with E-state index in [0.29, 0.717) is 23.5 Å². The molecule has 0 saturated carbocycles. The highest BCUT2D eigenvalue weighted by Crippen LogP contribution is 2.25. The van der Waals surface area contributed by atoms with Crippen LogP contribution in [0.5, 0.6) is 0 Å². The zero-order valence-corrected chi connectivity index (χ0v) is 12.7. The fourth-order valence-corrected chi connectivity index (χ4v) is 2.44. The lowest BCUT2D eigenvalue weighted by Gasteiger charge is -2.07. The zero-order chi connectivity index (χ0) is 15.8.